The SMILES string of the molecule is Cc1c(C(=O)NC2CC3CCC(C2)N3c2ccc(C(=O)NC3CN(C(=O)OC(C)(C)C)C3)cn2)ccc2c1OCC2. The lowest BCUT2D eigenvalue weighted by Gasteiger charge is -2.40. The van der Waals surface area contributed by atoms with Crippen LogP contribution in [-0.2, 0) is 11.2 Å². The molecule has 0 saturated carbocycles. The Morgan fingerprint density at radius 2 is 1.68 bits per heavy atom. The molecule has 10 heteroatoms. The number of fused-ring (bicyclic) bond motifs is 3. The molecule has 2 aromatic rings. The van der Waals surface area contributed by atoms with Crippen molar-refractivity contribution in [2.75, 3.05) is 24.6 Å². The summed E-state index contributed by atoms with van der Waals surface area (Å²) in [6, 6.07) is 8.26. The molecule has 1 aromatic heterocycles. The molecule has 3 saturated heterocycles. The standard InChI is InChI=1S/C31H39N5O5/c1-18-25(9-5-19-11-12-40-27(18)19)29(38)33-21-13-23-7-8-24(14-21)36(23)26-10-6-20(15-32-26)28(37)34-22-16-35(17-22)30(39)41-31(2,3)4/h5-6,9-10,15,21-24H,7-8,11-14,16-17H2,1-4H3,(H,33,38)(H,34,37). The van der Waals surface area contributed by atoms with Crippen LogP contribution in [0.25, 0.3) is 0 Å². The molecule has 1 aromatic carbocycles. The molecule has 4 aliphatic rings. The van der Waals surface area contributed by atoms with Crippen LogP contribution in [0.15, 0.2) is 30.5 Å². The maximum Gasteiger partial charge on any atom is 0.410 e. The van der Waals surface area contributed by atoms with E-state index in [-0.39, 0.29) is 30.0 Å². The lowest BCUT2D eigenvalue weighted by atomic mass is 9.96. The monoisotopic (exact) mass is 561 g/mol. The minimum Gasteiger partial charge on any atom is -0.493 e. The first-order valence-electron chi connectivity index (χ1n) is 14.6. The fourth-order valence-corrected chi connectivity index (χ4v) is 6.57. The summed E-state index contributed by atoms with van der Waals surface area (Å²) < 4.78 is 11.1. The number of carbonyl (C=O) groups excluding carboxylic acids is 3. The van der Waals surface area contributed by atoms with E-state index < -0.39 is 5.60 Å². The van der Waals surface area contributed by atoms with Gasteiger partial charge in [0.1, 0.15) is 17.2 Å². The predicted molar refractivity (Wildman–Crippen MR) is 153 cm³/mol. The van der Waals surface area contributed by atoms with Gasteiger partial charge in [0.2, 0.25) is 0 Å². The third-order valence-corrected chi connectivity index (χ3v) is 8.56. The Labute approximate surface area is 240 Å². The molecule has 2 N–H and O–H groups in total. The first-order chi connectivity index (χ1) is 19.6. The molecular formula is C31H39N5O5. The quantitative estimate of drug-likeness (QED) is 0.574. The van der Waals surface area contributed by atoms with Crippen LogP contribution in [0.3, 0.4) is 0 Å². The van der Waals surface area contributed by atoms with Crippen LogP contribution in [-0.4, -0.2) is 77.3 Å². The van der Waals surface area contributed by atoms with E-state index in [1.807, 2.05) is 52.0 Å². The van der Waals surface area contributed by atoms with Crippen molar-refractivity contribution in [2.24, 2.45) is 0 Å². The number of amides is 3. The van der Waals surface area contributed by atoms with E-state index in [0.717, 1.165) is 49.2 Å². The third kappa shape index (κ3) is 5.56. The van der Waals surface area contributed by atoms with Crippen molar-refractivity contribution in [1.29, 1.82) is 0 Å². The van der Waals surface area contributed by atoms with Gasteiger partial charge in [-0.15, -0.1) is 0 Å². The Balaban J connectivity index is 1.02. The maximum atomic E-state index is 13.2. The topological polar surface area (TPSA) is 113 Å². The maximum absolute atomic E-state index is 13.2. The van der Waals surface area contributed by atoms with Gasteiger partial charge in [0.15, 0.2) is 0 Å². The summed E-state index contributed by atoms with van der Waals surface area (Å²) in [4.78, 5) is 46.7. The van der Waals surface area contributed by atoms with Crippen molar-refractivity contribution in [1.82, 2.24) is 20.5 Å². The second-order valence-electron chi connectivity index (χ2n) is 12.7. The second-order valence-corrected chi connectivity index (χ2v) is 12.7. The number of likely N-dealkylation sites (tertiary alicyclic amines) is 1. The van der Waals surface area contributed by atoms with Gasteiger partial charge in [-0.3, -0.25) is 9.59 Å². The molecule has 2 bridgehead atoms. The van der Waals surface area contributed by atoms with E-state index in [1.54, 1.807) is 11.1 Å². The van der Waals surface area contributed by atoms with Crippen LogP contribution in [0.1, 0.15) is 78.3 Å². The van der Waals surface area contributed by atoms with Gasteiger partial charge in [0.25, 0.3) is 11.8 Å². The van der Waals surface area contributed by atoms with Crippen LogP contribution < -0.4 is 20.3 Å². The van der Waals surface area contributed by atoms with Crippen molar-refractivity contribution >= 4 is 23.7 Å². The van der Waals surface area contributed by atoms with Crippen molar-refractivity contribution in [3.8, 4) is 5.75 Å². The van der Waals surface area contributed by atoms with Crippen molar-refractivity contribution in [3.63, 3.8) is 0 Å². The number of carbonyl (C=O) groups is 3. The molecule has 0 aliphatic carbocycles. The number of hydrogen-bond donors (Lipinski definition) is 2. The zero-order valence-electron chi connectivity index (χ0n) is 24.2. The molecule has 3 amide bonds. The van der Waals surface area contributed by atoms with Crippen molar-refractivity contribution in [3.05, 3.63) is 52.7 Å². The van der Waals surface area contributed by atoms with Crippen LogP contribution in [0.2, 0.25) is 0 Å². The summed E-state index contributed by atoms with van der Waals surface area (Å²) >= 11 is 0. The van der Waals surface area contributed by atoms with Crippen molar-refractivity contribution in [2.45, 2.75) is 89.6 Å². The van der Waals surface area contributed by atoms with Crippen molar-refractivity contribution < 1.29 is 23.9 Å². The summed E-state index contributed by atoms with van der Waals surface area (Å²) in [5.74, 6) is 1.50. The van der Waals surface area contributed by atoms with Gasteiger partial charge in [0, 0.05) is 55.0 Å². The van der Waals surface area contributed by atoms with E-state index in [0.29, 0.717) is 42.9 Å². The van der Waals surface area contributed by atoms with Gasteiger partial charge in [-0.2, -0.15) is 0 Å². The van der Waals surface area contributed by atoms with E-state index >= 15 is 0 Å². The van der Waals surface area contributed by atoms with Crippen LogP contribution in [0, 0.1) is 6.92 Å². The molecule has 2 unspecified atom stereocenters. The van der Waals surface area contributed by atoms with Gasteiger partial charge < -0.3 is 29.9 Å². The number of rotatable bonds is 5. The minimum absolute atomic E-state index is 0.0344. The van der Waals surface area contributed by atoms with Crippen LogP contribution in [0.4, 0.5) is 10.6 Å². The number of aromatic nitrogens is 1. The summed E-state index contributed by atoms with van der Waals surface area (Å²) in [5.41, 5.74) is 2.74. The zero-order valence-corrected chi connectivity index (χ0v) is 24.2. The molecule has 41 heavy (non-hydrogen) atoms. The molecule has 4 aliphatic heterocycles. The summed E-state index contributed by atoms with van der Waals surface area (Å²) in [5, 5.41) is 6.26. The smallest absolute Gasteiger partial charge is 0.410 e. The lowest BCUT2D eigenvalue weighted by molar-refractivity contribution is 0.00532. The number of benzene rings is 1. The largest absolute Gasteiger partial charge is 0.493 e. The zero-order chi connectivity index (χ0) is 28.9. The summed E-state index contributed by atoms with van der Waals surface area (Å²) in [6.07, 6.45) is 6.01. The van der Waals surface area contributed by atoms with Gasteiger partial charge >= 0.3 is 6.09 Å². The molecule has 5 heterocycles. The third-order valence-electron chi connectivity index (χ3n) is 8.56. The van der Waals surface area contributed by atoms with Gasteiger partial charge in [-0.25, -0.2) is 9.78 Å². The average Bonchev–Trinajstić information content (AvgIpc) is 3.48. The number of anilines is 1. The lowest BCUT2D eigenvalue weighted by Crippen LogP contribution is -2.61. The number of nitrogens with zero attached hydrogens (tertiary/aromatic N) is 3. The van der Waals surface area contributed by atoms with E-state index in [2.05, 4.69) is 20.5 Å². The Morgan fingerprint density at radius 1 is 0.976 bits per heavy atom. The Hall–Kier alpha value is -3.82. The Morgan fingerprint density at radius 3 is 2.34 bits per heavy atom. The highest BCUT2D eigenvalue weighted by molar-refractivity contribution is 5.97. The number of hydrogen-bond acceptors (Lipinski definition) is 7. The number of piperidine rings is 1. The second kappa shape index (κ2) is 10.5. The molecule has 10 nitrogen and oxygen atoms in total. The van der Waals surface area contributed by atoms with E-state index in [9.17, 15) is 14.4 Å². The normalized spacial score (nSPS) is 23.4. The number of ether oxygens (including phenoxy) is 2. The fourth-order valence-electron chi connectivity index (χ4n) is 6.57. The average molecular weight is 562 g/mol. The van der Waals surface area contributed by atoms with E-state index in [4.69, 9.17) is 9.47 Å². The van der Waals surface area contributed by atoms with Gasteiger partial charge in [-0.05, 0) is 77.1 Å². The predicted octanol–water partition coefficient (Wildman–Crippen LogP) is 3.60. The fraction of sp³-hybridized carbons (Fsp3) is 0.548. The first-order valence-corrected chi connectivity index (χ1v) is 14.6. The highest BCUT2D eigenvalue weighted by atomic mass is 16.6. The summed E-state index contributed by atoms with van der Waals surface area (Å²) in [6.45, 7) is 9.00. The minimum atomic E-state index is -0.543. The molecule has 0 spiro atoms. The molecule has 218 valence electrons. The van der Waals surface area contributed by atoms with Crippen LogP contribution >= 0.6 is 0 Å². The molecule has 0 radical (unpaired) electrons. The molecular weight excluding hydrogens is 522 g/mol. The Bertz CT molecular complexity index is 1330. The van der Waals surface area contributed by atoms with Gasteiger partial charge in [0.05, 0.1) is 18.2 Å². The first kappa shape index (κ1) is 27.4. The molecule has 6 rings (SSSR count). The van der Waals surface area contributed by atoms with Crippen LogP contribution in [0.5, 0.6) is 5.75 Å². The number of nitrogens with one attached hydrogen (secondary N) is 2. The molecule has 3 fully saturated rings. The highest BCUT2D eigenvalue weighted by Crippen LogP contribution is 2.39. The van der Waals surface area contributed by atoms with E-state index in [1.165, 1.54) is 5.56 Å². The highest BCUT2D eigenvalue weighted by Gasteiger charge is 2.42. The molecule has 2 atom stereocenters. The number of pyridine rings is 1. The Kier molecular flexibility index (Phi) is 7.03. The summed E-state index contributed by atoms with van der Waals surface area (Å²) in [7, 11) is 0. The van der Waals surface area contributed by atoms with Gasteiger partial charge in [-0.1, -0.05) is 6.07 Å².